The Morgan fingerprint density at radius 1 is 1.16 bits per heavy atom. The quantitative estimate of drug-likeness (QED) is 0.694. The summed E-state index contributed by atoms with van der Waals surface area (Å²) in [7, 11) is 0. The Labute approximate surface area is 153 Å². The van der Waals surface area contributed by atoms with Gasteiger partial charge in [0.1, 0.15) is 5.82 Å². The van der Waals surface area contributed by atoms with Crippen molar-refractivity contribution in [3.05, 3.63) is 70.2 Å². The number of nitrogens with zero attached hydrogens (tertiary/aromatic N) is 4. The van der Waals surface area contributed by atoms with Crippen LogP contribution in [0.25, 0.3) is 0 Å². The number of piperidine rings is 1. The molecule has 0 radical (unpaired) electrons. The molecule has 4 rings (SSSR count). The fourth-order valence-electron chi connectivity index (χ4n) is 3.69. The van der Waals surface area contributed by atoms with Crippen LogP contribution in [-0.2, 0) is 13.1 Å². The van der Waals surface area contributed by atoms with Crippen LogP contribution in [0.15, 0.2) is 48.2 Å². The van der Waals surface area contributed by atoms with Gasteiger partial charge in [-0.1, -0.05) is 30.3 Å². The summed E-state index contributed by atoms with van der Waals surface area (Å²) < 4.78 is 2.32. The van der Waals surface area contributed by atoms with Crippen molar-refractivity contribution in [3.8, 4) is 0 Å². The minimum Gasteiger partial charge on any atom is -0.330 e. The zero-order valence-corrected chi connectivity index (χ0v) is 15.5. The Balaban J connectivity index is 1.47. The van der Waals surface area contributed by atoms with Crippen LogP contribution in [0.2, 0.25) is 0 Å². The summed E-state index contributed by atoms with van der Waals surface area (Å²) in [6, 6.07) is 10.6. The third kappa shape index (κ3) is 3.83. The maximum atomic E-state index is 4.71. The largest absolute Gasteiger partial charge is 0.330 e. The first-order valence-corrected chi connectivity index (χ1v) is 9.84. The number of thiazole rings is 1. The van der Waals surface area contributed by atoms with Crippen LogP contribution in [0.3, 0.4) is 0 Å². The van der Waals surface area contributed by atoms with E-state index in [2.05, 4.69) is 57.9 Å². The van der Waals surface area contributed by atoms with Gasteiger partial charge in [-0.2, -0.15) is 0 Å². The summed E-state index contributed by atoms with van der Waals surface area (Å²) >= 11 is 1.77. The second-order valence-corrected chi connectivity index (χ2v) is 7.77. The van der Waals surface area contributed by atoms with Gasteiger partial charge in [-0.15, -0.1) is 11.3 Å². The van der Waals surface area contributed by atoms with E-state index in [9.17, 15) is 0 Å². The molecule has 130 valence electrons. The van der Waals surface area contributed by atoms with Gasteiger partial charge in [-0.05, 0) is 31.9 Å². The molecule has 4 nitrogen and oxygen atoms in total. The smallest absolute Gasteiger partial charge is 0.113 e. The lowest BCUT2D eigenvalue weighted by molar-refractivity contribution is 0.196. The zero-order valence-electron chi connectivity index (χ0n) is 14.6. The molecule has 1 aromatic carbocycles. The standard InChI is InChI=1S/C20H24N4S/c1-16-19(25-15-22-16)14-23-10-5-8-18(13-23)20-21-9-11-24(20)12-17-6-3-2-4-7-17/h2-4,6-7,9,11,15,18H,5,8,10,12-14H2,1H3/t18-/m0/s1. The number of aromatic nitrogens is 3. The van der Waals surface area contributed by atoms with Crippen molar-refractivity contribution in [1.29, 1.82) is 0 Å². The van der Waals surface area contributed by atoms with Crippen molar-refractivity contribution >= 4 is 11.3 Å². The highest BCUT2D eigenvalue weighted by Crippen LogP contribution is 2.28. The van der Waals surface area contributed by atoms with Crippen LogP contribution in [0.5, 0.6) is 0 Å². The normalized spacial score (nSPS) is 18.5. The van der Waals surface area contributed by atoms with Gasteiger partial charge < -0.3 is 4.57 Å². The van der Waals surface area contributed by atoms with E-state index in [0.717, 1.165) is 19.6 Å². The molecule has 5 heteroatoms. The molecule has 3 heterocycles. The highest BCUT2D eigenvalue weighted by atomic mass is 32.1. The Bertz CT molecular complexity index is 808. The average Bonchev–Trinajstić information content (AvgIpc) is 3.26. The molecular formula is C20H24N4S. The van der Waals surface area contributed by atoms with Crippen LogP contribution < -0.4 is 0 Å². The molecule has 1 aliphatic rings. The number of aryl methyl sites for hydroxylation is 1. The number of benzene rings is 1. The Kier molecular flexibility index (Phi) is 4.95. The van der Waals surface area contributed by atoms with E-state index in [0.29, 0.717) is 5.92 Å². The number of likely N-dealkylation sites (tertiary alicyclic amines) is 1. The molecule has 1 fully saturated rings. The molecule has 0 aliphatic carbocycles. The number of rotatable bonds is 5. The SMILES string of the molecule is Cc1ncsc1CN1CCC[C@H](c2nccn2Cc2ccccc2)C1. The van der Waals surface area contributed by atoms with E-state index >= 15 is 0 Å². The average molecular weight is 353 g/mol. The van der Waals surface area contributed by atoms with Crippen molar-refractivity contribution in [2.45, 2.75) is 38.8 Å². The second kappa shape index (κ2) is 7.50. The molecule has 0 saturated carbocycles. The predicted octanol–water partition coefficient (Wildman–Crippen LogP) is 4.08. The zero-order chi connectivity index (χ0) is 17.1. The first-order chi connectivity index (χ1) is 12.3. The molecule has 1 aliphatic heterocycles. The lowest BCUT2D eigenvalue weighted by atomic mass is 9.97. The van der Waals surface area contributed by atoms with Crippen molar-refractivity contribution < 1.29 is 0 Å². The van der Waals surface area contributed by atoms with Gasteiger partial charge in [0.25, 0.3) is 0 Å². The molecule has 1 atom stereocenters. The van der Waals surface area contributed by atoms with E-state index in [4.69, 9.17) is 4.98 Å². The number of hydrogen-bond donors (Lipinski definition) is 0. The first-order valence-electron chi connectivity index (χ1n) is 8.96. The summed E-state index contributed by atoms with van der Waals surface area (Å²) in [5.41, 5.74) is 4.46. The molecule has 0 bridgehead atoms. The van der Waals surface area contributed by atoms with Gasteiger partial charge in [0, 0.05) is 42.8 Å². The van der Waals surface area contributed by atoms with Crippen LogP contribution in [0.1, 0.15) is 40.7 Å². The Morgan fingerprint density at radius 2 is 2.04 bits per heavy atom. The Morgan fingerprint density at radius 3 is 2.84 bits per heavy atom. The summed E-state index contributed by atoms with van der Waals surface area (Å²) in [6.07, 6.45) is 6.53. The fraction of sp³-hybridized carbons (Fsp3) is 0.400. The highest BCUT2D eigenvalue weighted by Gasteiger charge is 2.25. The van der Waals surface area contributed by atoms with E-state index < -0.39 is 0 Å². The summed E-state index contributed by atoms with van der Waals surface area (Å²) in [5.74, 6) is 1.75. The van der Waals surface area contributed by atoms with Gasteiger partial charge in [-0.3, -0.25) is 4.90 Å². The molecule has 0 unspecified atom stereocenters. The second-order valence-electron chi connectivity index (χ2n) is 6.83. The van der Waals surface area contributed by atoms with Crippen molar-refractivity contribution in [3.63, 3.8) is 0 Å². The van der Waals surface area contributed by atoms with Crippen molar-refractivity contribution in [2.75, 3.05) is 13.1 Å². The summed E-state index contributed by atoms with van der Waals surface area (Å²) in [5, 5.41) is 0. The topological polar surface area (TPSA) is 34.0 Å². The first kappa shape index (κ1) is 16.5. The molecule has 0 N–H and O–H groups in total. The highest BCUT2D eigenvalue weighted by molar-refractivity contribution is 7.09. The third-order valence-corrected chi connectivity index (χ3v) is 5.95. The molecule has 25 heavy (non-hydrogen) atoms. The third-order valence-electron chi connectivity index (χ3n) is 5.03. The summed E-state index contributed by atoms with van der Waals surface area (Å²) in [6.45, 7) is 6.29. The van der Waals surface area contributed by atoms with Crippen molar-refractivity contribution in [2.24, 2.45) is 0 Å². The van der Waals surface area contributed by atoms with Crippen LogP contribution >= 0.6 is 11.3 Å². The molecule has 0 spiro atoms. The number of hydrogen-bond acceptors (Lipinski definition) is 4. The summed E-state index contributed by atoms with van der Waals surface area (Å²) in [4.78, 5) is 13.1. The predicted molar refractivity (Wildman–Crippen MR) is 102 cm³/mol. The lowest BCUT2D eigenvalue weighted by Gasteiger charge is -2.32. The van der Waals surface area contributed by atoms with Gasteiger partial charge in [0.15, 0.2) is 0 Å². The maximum Gasteiger partial charge on any atom is 0.113 e. The Hall–Kier alpha value is -1.98. The maximum absolute atomic E-state index is 4.71. The van der Waals surface area contributed by atoms with Crippen LogP contribution in [-0.4, -0.2) is 32.5 Å². The molecule has 0 amide bonds. The van der Waals surface area contributed by atoms with E-state index in [-0.39, 0.29) is 0 Å². The fourth-order valence-corrected chi connectivity index (χ4v) is 4.50. The van der Waals surface area contributed by atoms with Crippen molar-refractivity contribution in [1.82, 2.24) is 19.4 Å². The number of imidazole rings is 1. The lowest BCUT2D eigenvalue weighted by Crippen LogP contribution is -2.34. The van der Waals surface area contributed by atoms with Gasteiger partial charge in [0.2, 0.25) is 0 Å². The monoisotopic (exact) mass is 352 g/mol. The van der Waals surface area contributed by atoms with E-state index in [1.165, 1.54) is 41.3 Å². The van der Waals surface area contributed by atoms with Crippen LogP contribution in [0.4, 0.5) is 0 Å². The van der Waals surface area contributed by atoms with E-state index in [1.54, 1.807) is 11.3 Å². The van der Waals surface area contributed by atoms with Gasteiger partial charge in [-0.25, -0.2) is 9.97 Å². The molecule has 3 aromatic rings. The van der Waals surface area contributed by atoms with E-state index in [1.807, 2.05) is 11.7 Å². The minimum atomic E-state index is 0.515. The van der Waals surface area contributed by atoms with Gasteiger partial charge >= 0.3 is 0 Å². The molecular weight excluding hydrogens is 328 g/mol. The van der Waals surface area contributed by atoms with Gasteiger partial charge in [0.05, 0.1) is 11.2 Å². The van der Waals surface area contributed by atoms with Crippen LogP contribution in [0, 0.1) is 6.92 Å². The minimum absolute atomic E-state index is 0.515. The molecule has 2 aromatic heterocycles. The molecule has 1 saturated heterocycles.